The minimum absolute atomic E-state index is 0.0764. The second-order valence-electron chi connectivity index (χ2n) is 2.10. The summed E-state index contributed by atoms with van der Waals surface area (Å²) < 4.78 is 0. The summed E-state index contributed by atoms with van der Waals surface area (Å²) in [4.78, 5) is 0. The maximum absolute atomic E-state index is 8.54. The fourth-order valence-corrected chi connectivity index (χ4v) is 0.533. The van der Waals surface area contributed by atoms with Crippen molar-refractivity contribution in [1.82, 2.24) is 5.23 Å². The number of hydrogen-bond donors (Lipinski definition) is 3. The highest BCUT2D eigenvalue weighted by atomic mass is 16.8. The zero-order valence-electron chi connectivity index (χ0n) is 5.83. The van der Waals surface area contributed by atoms with Crippen molar-refractivity contribution >= 4 is 0 Å². The summed E-state index contributed by atoms with van der Waals surface area (Å²) in [5.74, 6) is 0. The summed E-state index contributed by atoms with van der Waals surface area (Å²) in [6, 6.07) is 0. The Kier molecular flexibility index (Phi) is 3.07. The first-order chi connectivity index (χ1) is 4.06. The van der Waals surface area contributed by atoms with Gasteiger partial charge in [0, 0.05) is 0 Å². The van der Waals surface area contributed by atoms with Crippen LogP contribution in [-0.2, 0) is 0 Å². The van der Waals surface area contributed by atoms with E-state index in [0.29, 0.717) is 12.8 Å². The topological polar surface area (TPSA) is 69.7 Å². The minimum atomic E-state index is -0.972. The van der Waals surface area contributed by atoms with Crippen molar-refractivity contribution in [2.24, 2.45) is 5.73 Å². The molecular formula is C5H14N2O2. The summed E-state index contributed by atoms with van der Waals surface area (Å²) in [7, 11) is 0. The molecule has 0 bridgehead atoms. The Morgan fingerprint density at radius 1 is 1.33 bits per heavy atom. The Bertz CT molecular complexity index is 81.0. The average molecular weight is 134 g/mol. The van der Waals surface area contributed by atoms with E-state index in [1.807, 2.05) is 0 Å². The molecule has 0 aliphatic carbocycles. The van der Waals surface area contributed by atoms with Gasteiger partial charge in [-0.25, -0.2) is 0 Å². The van der Waals surface area contributed by atoms with Crippen LogP contribution >= 0.6 is 0 Å². The van der Waals surface area contributed by atoms with Crippen LogP contribution in [0, 0.1) is 0 Å². The van der Waals surface area contributed by atoms with Crippen LogP contribution in [0.25, 0.3) is 0 Å². The van der Waals surface area contributed by atoms with Gasteiger partial charge in [-0.1, -0.05) is 19.1 Å². The van der Waals surface area contributed by atoms with Crippen molar-refractivity contribution < 1.29 is 10.4 Å². The van der Waals surface area contributed by atoms with Gasteiger partial charge in [0.1, 0.15) is 5.66 Å². The molecule has 56 valence electrons. The zero-order valence-corrected chi connectivity index (χ0v) is 5.83. The van der Waals surface area contributed by atoms with Gasteiger partial charge in [0.25, 0.3) is 0 Å². The molecule has 0 radical (unpaired) electrons. The van der Waals surface area contributed by atoms with E-state index in [1.165, 1.54) is 0 Å². The van der Waals surface area contributed by atoms with E-state index in [-0.39, 0.29) is 5.23 Å². The van der Waals surface area contributed by atoms with Crippen molar-refractivity contribution in [2.75, 3.05) is 0 Å². The van der Waals surface area contributed by atoms with Crippen LogP contribution in [0.3, 0.4) is 0 Å². The summed E-state index contributed by atoms with van der Waals surface area (Å²) in [5.41, 5.74) is 4.49. The van der Waals surface area contributed by atoms with Crippen molar-refractivity contribution in [3.8, 4) is 0 Å². The van der Waals surface area contributed by atoms with E-state index < -0.39 is 5.66 Å². The molecule has 0 heterocycles. The molecule has 0 saturated heterocycles. The smallest absolute Gasteiger partial charge is 0.120 e. The monoisotopic (exact) mass is 134 g/mol. The summed E-state index contributed by atoms with van der Waals surface area (Å²) in [6.07, 6.45) is 1.02. The highest BCUT2D eigenvalue weighted by molar-refractivity contribution is 4.71. The molecule has 0 saturated carbocycles. The molecule has 4 nitrogen and oxygen atoms in total. The minimum Gasteiger partial charge on any atom is -0.309 e. The molecule has 0 aromatic carbocycles. The molecule has 9 heavy (non-hydrogen) atoms. The van der Waals surface area contributed by atoms with Gasteiger partial charge in [0.15, 0.2) is 0 Å². The Hall–Kier alpha value is -0.160. The van der Waals surface area contributed by atoms with Crippen LogP contribution in [0.2, 0.25) is 0 Å². The number of hydroxylamine groups is 2. The predicted octanol–water partition coefficient (Wildman–Crippen LogP) is 0.542. The molecule has 0 unspecified atom stereocenters. The van der Waals surface area contributed by atoms with E-state index in [2.05, 4.69) is 0 Å². The van der Waals surface area contributed by atoms with Crippen molar-refractivity contribution in [3.05, 3.63) is 0 Å². The largest absolute Gasteiger partial charge is 0.309 e. The Morgan fingerprint density at radius 2 is 1.67 bits per heavy atom. The zero-order chi connectivity index (χ0) is 7.49. The second kappa shape index (κ2) is 3.12. The fourth-order valence-electron chi connectivity index (χ4n) is 0.533. The molecule has 0 aromatic heterocycles. The molecule has 4 heteroatoms. The molecule has 0 aromatic rings. The first-order valence-electron chi connectivity index (χ1n) is 3.03. The number of rotatable bonds is 3. The molecule has 0 aliphatic rings. The van der Waals surface area contributed by atoms with Crippen molar-refractivity contribution in [1.29, 1.82) is 0 Å². The van der Waals surface area contributed by atoms with Gasteiger partial charge < -0.3 is 5.73 Å². The summed E-state index contributed by atoms with van der Waals surface area (Å²) >= 11 is 0. The normalized spacial score (nSPS) is 12.7. The van der Waals surface area contributed by atoms with Gasteiger partial charge in [0.2, 0.25) is 0 Å². The Labute approximate surface area is 54.8 Å². The fraction of sp³-hybridized carbons (Fsp3) is 1.00. The van der Waals surface area contributed by atoms with Gasteiger partial charge in [-0.05, 0) is 12.8 Å². The lowest BCUT2D eigenvalue weighted by Crippen LogP contribution is -2.52. The quantitative estimate of drug-likeness (QED) is 0.389. The molecule has 0 aliphatic heterocycles. The molecular weight excluding hydrogens is 120 g/mol. The van der Waals surface area contributed by atoms with Crippen LogP contribution in [0.5, 0.6) is 0 Å². The standard InChI is InChI=1S/C5H14N2O2/c1-3-5(6,4-2)7(8)9/h8-9H,3-4,6H2,1-2H3. The molecule has 0 atom stereocenters. The molecule has 4 N–H and O–H groups in total. The molecule has 0 fully saturated rings. The number of nitrogens with two attached hydrogens (primary N) is 1. The van der Waals surface area contributed by atoms with E-state index in [1.54, 1.807) is 13.8 Å². The lowest BCUT2D eigenvalue weighted by atomic mass is 10.1. The third-order valence-corrected chi connectivity index (χ3v) is 1.62. The van der Waals surface area contributed by atoms with Gasteiger partial charge in [0.05, 0.1) is 0 Å². The van der Waals surface area contributed by atoms with Gasteiger partial charge in [-0.15, -0.1) is 0 Å². The van der Waals surface area contributed by atoms with Gasteiger partial charge in [-0.3, -0.25) is 10.4 Å². The lowest BCUT2D eigenvalue weighted by Gasteiger charge is -2.29. The maximum Gasteiger partial charge on any atom is 0.120 e. The third kappa shape index (κ3) is 1.91. The second-order valence-corrected chi connectivity index (χ2v) is 2.10. The van der Waals surface area contributed by atoms with Crippen molar-refractivity contribution in [3.63, 3.8) is 0 Å². The first-order valence-corrected chi connectivity index (χ1v) is 3.03. The van der Waals surface area contributed by atoms with Gasteiger partial charge >= 0.3 is 0 Å². The highest BCUT2D eigenvalue weighted by Crippen LogP contribution is 2.12. The Balaban J connectivity index is 3.92. The summed E-state index contributed by atoms with van der Waals surface area (Å²) in [5, 5.41) is 17.1. The van der Waals surface area contributed by atoms with E-state index in [0.717, 1.165) is 0 Å². The number of hydrogen-bond acceptors (Lipinski definition) is 4. The van der Waals surface area contributed by atoms with Crippen LogP contribution in [0.4, 0.5) is 0 Å². The van der Waals surface area contributed by atoms with Crippen LogP contribution in [0.15, 0.2) is 0 Å². The van der Waals surface area contributed by atoms with E-state index >= 15 is 0 Å². The Morgan fingerprint density at radius 3 is 1.67 bits per heavy atom. The van der Waals surface area contributed by atoms with Gasteiger partial charge in [-0.2, -0.15) is 0 Å². The molecule has 0 amide bonds. The SMILES string of the molecule is CCC(N)(CC)N(O)O. The van der Waals surface area contributed by atoms with Crippen molar-refractivity contribution in [2.45, 2.75) is 32.4 Å². The summed E-state index contributed by atoms with van der Waals surface area (Å²) in [6.45, 7) is 3.59. The van der Waals surface area contributed by atoms with Crippen LogP contribution in [-0.4, -0.2) is 21.3 Å². The van der Waals surface area contributed by atoms with E-state index in [4.69, 9.17) is 16.1 Å². The van der Waals surface area contributed by atoms with Crippen LogP contribution in [0.1, 0.15) is 26.7 Å². The first kappa shape index (κ1) is 8.84. The molecule has 0 spiro atoms. The highest BCUT2D eigenvalue weighted by Gasteiger charge is 2.26. The maximum atomic E-state index is 8.54. The van der Waals surface area contributed by atoms with E-state index in [9.17, 15) is 0 Å². The predicted molar refractivity (Wildman–Crippen MR) is 32.9 cm³/mol. The average Bonchev–Trinajstić information content (AvgIpc) is 1.86. The van der Waals surface area contributed by atoms with Crippen LogP contribution < -0.4 is 5.73 Å². The number of nitrogens with zero attached hydrogens (tertiary/aromatic N) is 1. The third-order valence-electron chi connectivity index (χ3n) is 1.62. The molecule has 0 rings (SSSR count). The lowest BCUT2D eigenvalue weighted by molar-refractivity contribution is -0.364.